The van der Waals surface area contributed by atoms with Crippen LogP contribution in [0.2, 0.25) is 0 Å². The summed E-state index contributed by atoms with van der Waals surface area (Å²) in [6.45, 7) is 7.37. The number of ether oxygens (including phenoxy) is 2. The smallest absolute Gasteiger partial charge is 0.194 e. The van der Waals surface area contributed by atoms with Crippen molar-refractivity contribution in [2.75, 3.05) is 53.5 Å². The van der Waals surface area contributed by atoms with Crippen LogP contribution in [0, 0.1) is 0 Å². The van der Waals surface area contributed by atoms with E-state index in [-0.39, 0.29) is 6.54 Å². The normalized spacial score (nSPS) is 16.4. The Balaban J connectivity index is 1.60. The highest BCUT2D eigenvalue weighted by molar-refractivity contribution is 5.80. The lowest BCUT2D eigenvalue weighted by Crippen LogP contribution is -2.52. The molecule has 1 fully saturated rings. The van der Waals surface area contributed by atoms with Crippen LogP contribution in [0.1, 0.15) is 24.3 Å². The number of aliphatic hydroxyl groups is 1. The summed E-state index contributed by atoms with van der Waals surface area (Å²) >= 11 is 0. The molecule has 9 nitrogen and oxygen atoms in total. The molecule has 2 heterocycles. The van der Waals surface area contributed by atoms with Gasteiger partial charge < -0.3 is 29.3 Å². The Kier molecular flexibility index (Phi) is 7.92. The zero-order chi connectivity index (χ0) is 21.3. The van der Waals surface area contributed by atoms with Gasteiger partial charge in [-0.05, 0) is 24.6 Å². The third kappa shape index (κ3) is 5.87. The van der Waals surface area contributed by atoms with E-state index in [9.17, 15) is 5.11 Å². The highest BCUT2D eigenvalue weighted by atomic mass is 16.5. The summed E-state index contributed by atoms with van der Waals surface area (Å²) in [5, 5.41) is 18.0. The third-order valence-corrected chi connectivity index (χ3v) is 5.06. The maximum Gasteiger partial charge on any atom is 0.194 e. The lowest BCUT2D eigenvalue weighted by atomic mass is 10.1. The predicted molar refractivity (Wildman–Crippen MR) is 114 cm³/mol. The summed E-state index contributed by atoms with van der Waals surface area (Å²) in [5.41, 5.74) is 1.66. The van der Waals surface area contributed by atoms with E-state index in [1.807, 2.05) is 13.0 Å². The molecule has 0 amide bonds. The number of benzene rings is 1. The Labute approximate surface area is 177 Å². The van der Waals surface area contributed by atoms with Gasteiger partial charge in [-0.15, -0.1) is 0 Å². The van der Waals surface area contributed by atoms with E-state index >= 15 is 0 Å². The second-order valence-electron chi connectivity index (χ2n) is 7.11. The number of aromatic nitrogens is 1. The number of hydrogen-bond acceptors (Lipinski definition) is 7. The molecule has 0 aliphatic carbocycles. The molecule has 3 rings (SSSR count). The first-order chi connectivity index (χ1) is 14.6. The molecule has 0 spiro atoms. The van der Waals surface area contributed by atoms with Gasteiger partial charge in [0.1, 0.15) is 17.8 Å². The van der Waals surface area contributed by atoms with Crippen molar-refractivity contribution >= 4 is 5.96 Å². The third-order valence-electron chi connectivity index (χ3n) is 5.06. The second kappa shape index (κ2) is 10.8. The number of nitrogens with zero attached hydrogens (tertiary/aromatic N) is 4. The number of guanidine groups is 1. The minimum atomic E-state index is -0.754. The SMILES string of the molecule is CCNC(=NCC(O)c1cc(OC)cc(OC)c1)N1CCN(Cc2ccon2)CC1. The summed E-state index contributed by atoms with van der Waals surface area (Å²) in [6.07, 6.45) is 0.848. The lowest BCUT2D eigenvalue weighted by Gasteiger charge is -2.36. The molecule has 1 aliphatic heterocycles. The minimum absolute atomic E-state index is 0.248. The molecule has 0 saturated carbocycles. The quantitative estimate of drug-likeness (QED) is 0.493. The van der Waals surface area contributed by atoms with E-state index in [0.717, 1.165) is 50.9 Å². The van der Waals surface area contributed by atoms with Crippen LogP contribution >= 0.6 is 0 Å². The number of methoxy groups -OCH3 is 2. The molecule has 164 valence electrons. The van der Waals surface area contributed by atoms with Crippen LogP contribution in [-0.4, -0.2) is 79.5 Å². The van der Waals surface area contributed by atoms with Gasteiger partial charge in [0, 0.05) is 51.4 Å². The average molecular weight is 418 g/mol. The van der Waals surface area contributed by atoms with E-state index in [1.54, 1.807) is 38.7 Å². The van der Waals surface area contributed by atoms with Crippen LogP contribution in [-0.2, 0) is 6.54 Å². The monoisotopic (exact) mass is 417 g/mol. The first-order valence-electron chi connectivity index (χ1n) is 10.2. The van der Waals surface area contributed by atoms with Crippen molar-refractivity contribution in [1.29, 1.82) is 0 Å². The van der Waals surface area contributed by atoms with Gasteiger partial charge in [-0.1, -0.05) is 5.16 Å². The number of aliphatic hydroxyl groups excluding tert-OH is 1. The largest absolute Gasteiger partial charge is 0.497 e. The fourth-order valence-corrected chi connectivity index (χ4v) is 3.39. The first-order valence-corrected chi connectivity index (χ1v) is 10.2. The zero-order valence-corrected chi connectivity index (χ0v) is 17.9. The van der Waals surface area contributed by atoms with E-state index < -0.39 is 6.10 Å². The Morgan fingerprint density at radius 2 is 1.90 bits per heavy atom. The van der Waals surface area contributed by atoms with Crippen molar-refractivity contribution in [3.05, 3.63) is 41.8 Å². The van der Waals surface area contributed by atoms with Gasteiger partial charge in [0.2, 0.25) is 0 Å². The predicted octanol–water partition coefficient (Wildman–Crippen LogP) is 1.51. The van der Waals surface area contributed by atoms with Crippen LogP contribution in [0.25, 0.3) is 0 Å². The van der Waals surface area contributed by atoms with Crippen LogP contribution in [0.5, 0.6) is 11.5 Å². The number of piperazine rings is 1. The maximum absolute atomic E-state index is 10.7. The van der Waals surface area contributed by atoms with E-state index in [2.05, 4.69) is 25.3 Å². The van der Waals surface area contributed by atoms with Crippen molar-refractivity contribution in [1.82, 2.24) is 20.3 Å². The highest BCUT2D eigenvalue weighted by Gasteiger charge is 2.21. The zero-order valence-electron chi connectivity index (χ0n) is 17.9. The molecule has 0 bridgehead atoms. The van der Waals surface area contributed by atoms with Gasteiger partial charge in [-0.25, -0.2) is 0 Å². The van der Waals surface area contributed by atoms with Crippen molar-refractivity contribution in [3.8, 4) is 11.5 Å². The van der Waals surface area contributed by atoms with Crippen LogP contribution in [0.3, 0.4) is 0 Å². The molecule has 1 aromatic carbocycles. The second-order valence-corrected chi connectivity index (χ2v) is 7.11. The van der Waals surface area contributed by atoms with Crippen LogP contribution in [0.15, 0.2) is 40.0 Å². The number of aliphatic imine (C=N–C) groups is 1. The average Bonchev–Trinajstić information content (AvgIpc) is 3.29. The number of nitrogens with one attached hydrogen (secondary N) is 1. The van der Waals surface area contributed by atoms with Crippen LogP contribution in [0.4, 0.5) is 0 Å². The molecule has 1 saturated heterocycles. The molecule has 1 atom stereocenters. The van der Waals surface area contributed by atoms with Gasteiger partial charge in [-0.3, -0.25) is 9.89 Å². The number of rotatable bonds is 8. The standard InChI is InChI=1S/C21H31N5O4/c1-4-22-21(26-8-6-25(7-9-26)15-17-5-10-30-24-17)23-14-20(27)16-11-18(28-2)13-19(12-16)29-3/h5,10-13,20,27H,4,6-9,14-15H2,1-3H3,(H,22,23). The summed E-state index contributed by atoms with van der Waals surface area (Å²) < 4.78 is 15.5. The van der Waals surface area contributed by atoms with Crippen molar-refractivity contribution < 1.29 is 19.1 Å². The Hall–Kier alpha value is -2.78. The molecular weight excluding hydrogens is 386 g/mol. The van der Waals surface area contributed by atoms with Gasteiger partial charge >= 0.3 is 0 Å². The van der Waals surface area contributed by atoms with Crippen molar-refractivity contribution in [3.63, 3.8) is 0 Å². The minimum Gasteiger partial charge on any atom is -0.497 e. The molecule has 1 unspecified atom stereocenters. The van der Waals surface area contributed by atoms with Gasteiger partial charge in [0.15, 0.2) is 5.96 Å². The summed E-state index contributed by atoms with van der Waals surface area (Å²) in [4.78, 5) is 9.25. The molecule has 2 aromatic rings. The van der Waals surface area contributed by atoms with E-state index in [1.165, 1.54) is 0 Å². The van der Waals surface area contributed by atoms with Gasteiger partial charge in [-0.2, -0.15) is 0 Å². The fraction of sp³-hybridized carbons (Fsp3) is 0.524. The lowest BCUT2D eigenvalue weighted by molar-refractivity contribution is 0.166. The molecule has 30 heavy (non-hydrogen) atoms. The first kappa shape index (κ1) is 21.9. The van der Waals surface area contributed by atoms with Crippen LogP contribution < -0.4 is 14.8 Å². The summed E-state index contributed by atoms with van der Waals surface area (Å²) in [5.74, 6) is 2.09. The van der Waals surface area contributed by atoms with E-state index in [0.29, 0.717) is 17.1 Å². The highest BCUT2D eigenvalue weighted by Crippen LogP contribution is 2.26. The topological polar surface area (TPSA) is 95.6 Å². The maximum atomic E-state index is 10.7. The van der Waals surface area contributed by atoms with Crippen molar-refractivity contribution in [2.24, 2.45) is 4.99 Å². The summed E-state index contributed by atoms with van der Waals surface area (Å²) in [7, 11) is 3.18. The Bertz CT molecular complexity index is 781. The van der Waals surface area contributed by atoms with Crippen molar-refractivity contribution in [2.45, 2.75) is 19.6 Å². The fourth-order valence-electron chi connectivity index (χ4n) is 3.39. The number of hydrogen-bond donors (Lipinski definition) is 2. The van der Waals surface area contributed by atoms with Gasteiger partial charge in [0.05, 0.1) is 32.6 Å². The Morgan fingerprint density at radius 3 is 2.47 bits per heavy atom. The molecule has 2 N–H and O–H groups in total. The molecular formula is C21H31N5O4. The molecule has 1 aliphatic rings. The van der Waals surface area contributed by atoms with Gasteiger partial charge in [0.25, 0.3) is 0 Å². The molecule has 9 heteroatoms. The Morgan fingerprint density at radius 1 is 1.20 bits per heavy atom. The molecule has 0 radical (unpaired) electrons. The summed E-state index contributed by atoms with van der Waals surface area (Å²) in [6, 6.07) is 7.28. The molecule has 1 aromatic heterocycles. The van der Waals surface area contributed by atoms with E-state index in [4.69, 9.17) is 14.0 Å².